The van der Waals surface area contributed by atoms with E-state index in [0.717, 1.165) is 60.3 Å². The molecule has 0 bridgehead atoms. The molecule has 5 aromatic carbocycles. The van der Waals surface area contributed by atoms with Crippen LogP contribution in [-0.4, -0.2) is 10.9 Å². The Bertz CT molecular complexity index is 2290. The Morgan fingerprint density at radius 1 is 0.750 bits per heavy atom. The first-order valence-corrected chi connectivity index (χ1v) is 12.0. The normalized spacial score (nSPS) is 12.6. The quantitative estimate of drug-likeness (QED) is 0.121. The van der Waals surface area contributed by atoms with Gasteiger partial charge in [0.25, 0.3) is 0 Å². The minimum atomic E-state index is -1.08. The van der Waals surface area contributed by atoms with Crippen molar-refractivity contribution in [3.05, 3.63) is 108 Å². The van der Waals surface area contributed by atoms with Crippen LogP contribution >= 0.6 is 0 Å². The molecule has 1 N–H and O–H groups in total. The minimum Gasteiger partial charge on any atom is -0.274 e. The van der Waals surface area contributed by atoms with E-state index < -0.39 is 11.9 Å². The number of rotatable bonds is 4. The van der Waals surface area contributed by atoms with Gasteiger partial charge in [0.1, 0.15) is 0 Å². The molecule has 6 aromatic rings. The lowest BCUT2D eigenvalue weighted by Crippen LogP contribution is -1.99. The first-order chi connectivity index (χ1) is 19.4. The maximum Gasteiger partial charge on any atom is 0.212 e. The summed E-state index contributed by atoms with van der Waals surface area (Å²) in [5.41, 5.74) is 2.73. The van der Waals surface area contributed by atoms with E-state index in [1.54, 1.807) is 6.07 Å². The Morgan fingerprint density at radius 3 is 1.90 bits per heavy atom. The zero-order valence-electron chi connectivity index (χ0n) is 20.7. The van der Waals surface area contributed by atoms with Crippen molar-refractivity contribution in [3.8, 4) is 23.5 Å². The Hall–Kier alpha value is -5.86. The van der Waals surface area contributed by atoms with Gasteiger partial charge in [-0.3, -0.25) is 5.41 Å². The number of hydrogen-bond donors (Lipinski definition) is 1. The van der Waals surface area contributed by atoms with Crippen molar-refractivity contribution in [2.45, 2.75) is 0 Å². The van der Waals surface area contributed by atoms with Gasteiger partial charge in [-0.1, -0.05) is 36.9 Å². The lowest BCUT2D eigenvalue weighted by atomic mass is 10.0. The Balaban J connectivity index is 1.66. The second-order valence-corrected chi connectivity index (χ2v) is 9.16. The van der Waals surface area contributed by atoms with Gasteiger partial charge in [0.05, 0.1) is 10.7 Å². The summed E-state index contributed by atoms with van der Waals surface area (Å²) < 4.78 is 26.3. The highest BCUT2D eigenvalue weighted by atomic mass is 19.1. The molecule has 0 aliphatic carbocycles. The molecule has 6 rings (SSSR count). The third kappa shape index (κ3) is 3.92. The van der Waals surface area contributed by atoms with Crippen LogP contribution in [0.3, 0.4) is 0 Å². The van der Waals surface area contributed by atoms with Gasteiger partial charge in [0.2, 0.25) is 24.3 Å². The number of benzene rings is 3. The van der Waals surface area contributed by atoms with Gasteiger partial charge in [-0.2, -0.15) is 29.3 Å². The summed E-state index contributed by atoms with van der Waals surface area (Å²) in [6, 6.07) is 18.2. The van der Waals surface area contributed by atoms with E-state index in [1.165, 1.54) is 18.3 Å². The molecule has 0 spiro atoms. The van der Waals surface area contributed by atoms with Crippen molar-refractivity contribution in [2.24, 2.45) is 9.98 Å². The fourth-order valence-corrected chi connectivity index (χ4v) is 5.21. The summed E-state index contributed by atoms with van der Waals surface area (Å²) >= 11 is 0. The Morgan fingerprint density at radius 2 is 1.32 bits per heavy atom. The van der Waals surface area contributed by atoms with Crippen LogP contribution in [-0.2, 0) is 0 Å². The Kier molecular flexibility index (Phi) is 5.79. The van der Waals surface area contributed by atoms with Crippen molar-refractivity contribution < 1.29 is 8.78 Å². The molecule has 0 fully saturated rings. The molecule has 6 nitrogen and oxygen atoms in total. The molecule has 0 saturated heterocycles. The minimum absolute atomic E-state index is 0.494. The number of pyridine rings is 1. The van der Waals surface area contributed by atoms with Gasteiger partial charge in [-0.05, 0) is 80.7 Å². The zero-order chi connectivity index (χ0) is 28.0. The maximum atomic E-state index is 13.4. The van der Waals surface area contributed by atoms with E-state index in [9.17, 15) is 19.3 Å². The van der Waals surface area contributed by atoms with E-state index in [4.69, 9.17) is 5.41 Å². The molecule has 0 atom stereocenters. The van der Waals surface area contributed by atoms with E-state index in [1.807, 2.05) is 60.9 Å². The average Bonchev–Trinajstić information content (AvgIpc) is 3.42. The van der Waals surface area contributed by atoms with Gasteiger partial charge in [-0.15, -0.1) is 0 Å². The van der Waals surface area contributed by atoms with Crippen LogP contribution in [0.25, 0.3) is 59.8 Å². The van der Waals surface area contributed by atoms with Crippen molar-refractivity contribution in [2.75, 3.05) is 0 Å². The summed E-state index contributed by atoms with van der Waals surface area (Å²) in [6.07, 6.45) is 7.71. The summed E-state index contributed by atoms with van der Waals surface area (Å²) in [7, 11) is 0. The highest BCUT2D eigenvalue weighted by Gasteiger charge is 2.16. The lowest BCUT2D eigenvalue weighted by Gasteiger charge is -2.02. The molecule has 0 radical (unpaired) electrons. The Labute approximate surface area is 225 Å². The highest BCUT2D eigenvalue weighted by Crippen LogP contribution is 2.34. The summed E-state index contributed by atoms with van der Waals surface area (Å²) in [5.74, 6) is -1.64. The number of allylic oxidation sites excluding steroid dienone is 3. The predicted molar refractivity (Wildman–Crippen MR) is 151 cm³/mol. The van der Waals surface area contributed by atoms with Crippen molar-refractivity contribution in [3.63, 3.8) is 0 Å². The van der Waals surface area contributed by atoms with E-state index in [-0.39, 0.29) is 0 Å². The smallest absolute Gasteiger partial charge is 0.212 e. The first kappa shape index (κ1) is 24.5. The predicted octanol–water partition coefficient (Wildman–Crippen LogP) is 6.66. The molecule has 0 aliphatic heterocycles. The maximum absolute atomic E-state index is 13.4. The fraction of sp³-hybridized carbons (Fsp3) is 0. The zero-order valence-corrected chi connectivity index (χ0v) is 20.7. The van der Waals surface area contributed by atoms with Crippen LogP contribution < -0.4 is 10.7 Å². The van der Waals surface area contributed by atoms with Gasteiger partial charge in [0.15, 0.2) is 0 Å². The van der Waals surface area contributed by atoms with Crippen LogP contribution in [0.15, 0.2) is 95.6 Å². The highest BCUT2D eigenvalue weighted by molar-refractivity contribution is 6.21. The summed E-state index contributed by atoms with van der Waals surface area (Å²) in [5, 5.41) is 33.4. The first-order valence-electron chi connectivity index (χ1n) is 12.0. The monoisotopic (exact) mass is 522 g/mol. The summed E-state index contributed by atoms with van der Waals surface area (Å²) in [6.45, 7) is 3.96. The molecule has 1 heterocycles. The average molecular weight is 523 g/mol. The van der Waals surface area contributed by atoms with Crippen LogP contribution in [0.5, 0.6) is 0 Å². The molecule has 8 heteroatoms. The SMILES string of the molecule is C=C(/C=C\C(=N)F)c1ccc2c(c1)/c(=N\C#N)c1cc3c(cc12)/c(=N/C#N)c1cc(-c2ccc(F)nc2)ccc13. The largest absolute Gasteiger partial charge is 0.274 e. The van der Waals surface area contributed by atoms with Gasteiger partial charge >= 0.3 is 0 Å². The fourth-order valence-electron chi connectivity index (χ4n) is 5.21. The summed E-state index contributed by atoms with van der Waals surface area (Å²) in [4.78, 5) is 12.0. The number of nitrogens with zero attached hydrogens (tertiary/aromatic N) is 5. The second kappa shape index (κ2) is 9.46. The van der Waals surface area contributed by atoms with E-state index >= 15 is 0 Å². The number of aromatic nitrogens is 1. The number of nitrogens with one attached hydrogen (secondary N) is 1. The third-order valence-corrected chi connectivity index (χ3v) is 6.98. The molecule has 188 valence electrons. The van der Waals surface area contributed by atoms with Crippen LogP contribution in [0, 0.1) is 34.3 Å². The van der Waals surface area contributed by atoms with Crippen molar-refractivity contribution >= 4 is 54.6 Å². The number of fused-ring (bicyclic) bond motifs is 6. The van der Waals surface area contributed by atoms with Crippen molar-refractivity contribution in [1.29, 1.82) is 15.9 Å². The molecule has 0 saturated carbocycles. The molecule has 1 aromatic heterocycles. The van der Waals surface area contributed by atoms with E-state index in [2.05, 4.69) is 21.5 Å². The van der Waals surface area contributed by atoms with Gasteiger partial charge in [-0.25, -0.2) is 4.98 Å². The van der Waals surface area contributed by atoms with E-state index in [0.29, 0.717) is 21.9 Å². The molecular weight excluding hydrogens is 506 g/mol. The molecule has 0 unspecified atom stereocenters. The second-order valence-electron chi connectivity index (χ2n) is 9.16. The van der Waals surface area contributed by atoms with Crippen LogP contribution in [0.1, 0.15) is 5.56 Å². The third-order valence-electron chi connectivity index (χ3n) is 6.98. The van der Waals surface area contributed by atoms with Gasteiger partial charge in [0, 0.05) is 33.3 Å². The number of nitriles is 2. The number of halogens is 2. The molecular formula is C32H16F2N6. The van der Waals surface area contributed by atoms with Crippen molar-refractivity contribution in [1.82, 2.24) is 4.98 Å². The standard InChI is InChI=1S/C32H16F2N6/c1-17(2-8-29(33)37)18-3-6-21-23-12-28-24(13-27(23)31(39-15-35)25(21)10-18)22-7-4-19(11-26(22)32(28)40-16-36)20-5-9-30(34)38-14-20/h2-14,37H,1H2/b8-2-,37-29?,39-31+,40-32+. The van der Waals surface area contributed by atoms with Crippen LogP contribution in [0.4, 0.5) is 8.78 Å². The molecule has 0 aliphatic rings. The molecule has 0 amide bonds. The molecule has 40 heavy (non-hydrogen) atoms. The van der Waals surface area contributed by atoms with Gasteiger partial charge < -0.3 is 0 Å². The topological polar surface area (TPSA) is 109 Å². The van der Waals surface area contributed by atoms with Crippen LogP contribution in [0.2, 0.25) is 0 Å². The number of hydrogen-bond acceptors (Lipinski definition) is 6. The lowest BCUT2D eigenvalue weighted by molar-refractivity contribution is 0.584.